The summed E-state index contributed by atoms with van der Waals surface area (Å²) in [6.07, 6.45) is 4.85. The molecule has 2 heterocycles. The van der Waals surface area contributed by atoms with Crippen molar-refractivity contribution in [1.82, 2.24) is 15.2 Å². The third-order valence-electron chi connectivity index (χ3n) is 3.71. The first-order valence-corrected chi connectivity index (χ1v) is 9.53. The van der Waals surface area contributed by atoms with Crippen LogP contribution in [0.15, 0.2) is 53.7 Å². The zero-order chi connectivity index (χ0) is 19.9. The summed E-state index contributed by atoms with van der Waals surface area (Å²) in [6.45, 7) is -0.0116. The molecule has 2 aromatic rings. The summed E-state index contributed by atoms with van der Waals surface area (Å²) >= 11 is 6.82. The number of pyridine rings is 1. The van der Waals surface area contributed by atoms with E-state index >= 15 is 0 Å². The van der Waals surface area contributed by atoms with E-state index in [4.69, 9.17) is 16.3 Å². The molecular formula is C19H16ClN3O4S. The summed E-state index contributed by atoms with van der Waals surface area (Å²) in [4.78, 5) is 41.7. The van der Waals surface area contributed by atoms with Crippen LogP contribution in [0.2, 0.25) is 5.02 Å². The fourth-order valence-electron chi connectivity index (χ4n) is 2.37. The van der Waals surface area contributed by atoms with Crippen LogP contribution in [0.4, 0.5) is 4.79 Å². The molecule has 1 aliphatic heterocycles. The minimum absolute atomic E-state index is 0.0763. The molecule has 1 N–H and O–H groups in total. The first kappa shape index (κ1) is 19.9. The third-order valence-corrected chi connectivity index (χ3v) is 4.93. The minimum atomic E-state index is -0.389. The quantitative estimate of drug-likeness (QED) is 0.697. The second kappa shape index (κ2) is 9.38. The number of aromatic nitrogens is 1. The van der Waals surface area contributed by atoms with Crippen LogP contribution in [-0.2, 0) is 9.59 Å². The average molecular weight is 418 g/mol. The molecule has 0 unspecified atom stereocenters. The number of hydrogen-bond donors (Lipinski definition) is 1. The lowest BCUT2D eigenvalue weighted by atomic mass is 10.2. The SMILES string of the molecule is O=C(COc1ccccc1Cl)NCCN1C(=O)S/C(=C/c2cccnc2)C1=O. The van der Waals surface area contributed by atoms with E-state index in [9.17, 15) is 14.4 Å². The van der Waals surface area contributed by atoms with Crippen LogP contribution in [0.25, 0.3) is 6.08 Å². The lowest BCUT2D eigenvalue weighted by molar-refractivity contribution is -0.125. The van der Waals surface area contributed by atoms with Gasteiger partial charge in [0.1, 0.15) is 5.75 Å². The Kier molecular flexibility index (Phi) is 6.67. The number of nitrogens with one attached hydrogen (secondary N) is 1. The van der Waals surface area contributed by atoms with Gasteiger partial charge < -0.3 is 10.1 Å². The lowest BCUT2D eigenvalue weighted by Crippen LogP contribution is -2.38. The predicted molar refractivity (Wildman–Crippen MR) is 107 cm³/mol. The van der Waals surface area contributed by atoms with E-state index in [-0.39, 0.29) is 36.7 Å². The third kappa shape index (κ3) is 5.11. The molecule has 0 spiro atoms. The van der Waals surface area contributed by atoms with Crippen molar-refractivity contribution in [3.8, 4) is 5.75 Å². The highest BCUT2D eigenvalue weighted by Gasteiger charge is 2.34. The predicted octanol–water partition coefficient (Wildman–Crippen LogP) is 2.97. The maximum absolute atomic E-state index is 12.4. The fourth-order valence-corrected chi connectivity index (χ4v) is 3.42. The van der Waals surface area contributed by atoms with Crippen molar-refractivity contribution in [2.45, 2.75) is 0 Å². The van der Waals surface area contributed by atoms with Crippen LogP contribution in [-0.4, -0.2) is 46.6 Å². The van der Waals surface area contributed by atoms with Crippen molar-refractivity contribution < 1.29 is 19.1 Å². The number of ether oxygens (including phenoxy) is 1. The zero-order valence-electron chi connectivity index (χ0n) is 14.6. The maximum Gasteiger partial charge on any atom is 0.293 e. The summed E-state index contributed by atoms with van der Waals surface area (Å²) in [5.74, 6) is -0.357. The molecule has 0 radical (unpaired) electrons. The molecule has 0 bridgehead atoms. The number of carbonyl (C=O) groups is 3. The summed E-state index contributed by atoms with van der Waals surface area (Å²) < 4.78 is 5.34. The van der Waals surface area contributed by atoms with E-state index in [0.717, 1.165) is 22.2 Å². The van der Waals surface area contributed by atoms with Crippen molar-refractivity contribution in [3.05, 3.63) is 64.3 Å². The van der Waals surface area contributed by atoms with Gasteiger partial charge in [-0.2, -0.15) is 0 Å². The number of carbonyl (C=O) groups excluding carboxylic acids is 3. The van der Waals surface area contributed by atoms with Crippen LogP contribution in [0.1, 0.15) is 5.56 Å². The smallest absolute Gasteiger partial charge is 0.293 e. The molecule has 1 fully saturated rings. The van der Waals surface area contributed by atoms with Crippen LogP contribution < -0.4 is 10.1 Å². The lowest BCUT2D eigenvalue weighted by Gasteiger charge is -2.13. The van der Waals surface area contributed by atoms with Crippen LogP contribution in [0.5, 0.6) is 5.75 Å². The highest BCUT2D eigenvalue weighted by Crippen LogP contribution is 2.31. The van der Waals surface area contributed by atoms with Gasteiger partial charge in [-0.3, -0.25) is 24.3 Å². The Labute approximate surface area is 170 Å². The van der Waals surface area contributed by atoms with Crippen LogP contribution in [0, 0.1) is 0 Å². The van der Waals surface area contributed by atoms with Crippen molar-refractivity contribution >= 4 is 46.5 Å². The first-order chi connectivity index (χ1) is 13.5. The number of rotatable bonds is 7. The molecule has 7 nitrogen and oxygen atoms in total. The van der Waals surface area contributed by atoms with Crippen molar-refractivity contribution in [2.75, 3.05) is 19.7 Å². The summed E-state index contributed by atoms with van der Waals surface area (Å²) in [5, 5.41) is 2.65. The fraction of sp³-hybridized carbons (Fsp3) is 0.158. The Morgan fingerprint density at radius 2 is 2.07 bits per heavy atom. The summed E-state index contributed by atoms with van der Waals surface area (Å²) in [5.41, 5.74) is 0.734. The molecule has 1 aromatic heterocycles. The van der Waals surface area contributed by atoms with Gasteiger partial charge in [0.2, 0.25) is 0 Å². The second-order valence-corrected chi connectivity index (χ2v) is 7.09. The Hall–Kier alpha value is -2.84. The number of halogens is 1. The van der Waals surface area contributed by atoms with E-state index in [2.05, 4.69) is 10.3 Å². The van der Waals surface area contributed by atoms with Crippen LogP contribution in [0.3, 0.4) is 0 Å². The van der Waals surface area contributed by atoms with Crippen molar-refractivity contribution in [1.29, 1.82) is 0 Å². The molecule has 0 saturated carbocycles. The van der Waals surface area contributed by atoms with Crippen molar-refractivity contribution in [3.63, 3.8) is 0 Å². The van der Waals surface area contributed by atoms with Crippen LogP contribution >= 0.6 is 23.4 Å². The topological polar surface area (TPSA) is 88.6 Å². The molecule has 3 rings (SSSR count). The highest BCUT2D eigenvalue weighted by molar-refractivity contribution is 8.18. The zero-order valence-corrected chi connectivity index (χ0v) is 16.2. The van der Waals surface area contributed by atoms with E-state index in [1.54, 1.807) is 54.9 Å². The first-order valence-electron chi connectivity index (χ1n) is 8.34. The number of thioether (sulfide) groups is 1. The number of benzene rings is 1. The van der Waals surface area contributed by atoms with Gasteiger partial charge in [0.05, 0.1) is 9.93 Å². The molecule has 144 valence electrons. The van der Waals surface area contributed by atoms with Gasteiger partial charge in [-0.15, -0.1) is 0 Å². The minimum Gasteiger partial charge on any atom is -0.482 e. The van der Waals surface area contributed by atoms with Gasteiger partial charge in [-0.1, -0.05) is 29.8 Å². The Morgan fingerprint density at radius 1 is 1.25 bits per heavy atom. The van der Waals surface area contributed by atoms with E-state index in [1.807, 2.05) is 0 Å². The van der Waals surface area contributed by atoms with E-state index in [0.29, 0.717) is 15.7 Å². The molecule has 9 heteroatoms. The van der Waals surface area contributed by atoms with Gasteiger partial charge in [-0.25, -0.2) is 0 Å². The molecule has 1 saturated heterocycles. The molecule has 3 amide bonds. The van der Waals surface area contributed by atoms with Gasteiger partial charge in [0.15, 0.2) is 6.61 Å². The average Bonchev–Trinajstić information content (AvgIpc) is 2.95. The standard InChI is InChI=1S/C19H16ClN3O4S/c20-14-5-1-2-6-15(14)27-12-17(24)22-8-9-23-18(25)16(28-19(23)26)10-13-4-3-7-21-11-13/h1-7,10-11H,8-9,12H2,(H,22,24)/b16-10+. The Morgan fingerprint density at radius 3 is 2.82 bits per heavy atom. The Balaban J connectivity index is 1.47. The number of nitrogens with zero attached hydrogens (tertiary/aromatic N) is 2. The highest BCUT2D eigenvalue weighted by atomic mass is 35.5. The summed E-state index contributed by atoms with van der Waals surface area (Å²) in [6, 6.07) is 10.4. The largest absolute Gasteiger partial charge is 0.482 e. The molecular weight excluding hydrogens is 402 g/mol. The van der Waals surface area contributed by atoms with Gasteiger partial charge in [0.25, 0.3) is 17.1 Å². The molecule has 0 aliphatic carbocycles. The van der Waals surface area contributed by atoms with Gasteiger partial charge in [0, 0.05) is 25.5 Å². The van der Waals surface area contributed by atoms with Gasteiger partial charge in [-0.05, 0) is 41.6 Å². The molecule has 1 aliphatic rings. The molecule has 28 heavy (non-hydrogen) atoms. The van der Waals surface area contributed by atoms with Crippen molar-refractivity contribution in [2.24, 2.45) is 0 Å². The number of amides is 3. The maximum atomic E-state index is 12.4. The second-order valence-electron chi connectivity index (χ2n) is 5.69. The molecule has 0 atom stereocenters. The van der Waals surface area contributed by atoms with Gasteiger partial charge >= 0.3 is 0 Å². The summed E-state index contributed by atoms with van der Waals surface area (Å²) in [7, 11) is 0. The monoisotopic (exact) mass is 417 g/mol. The molecule has 1 aromatic carbocycles. The number of hydrogen-bond acceptors (Lipinski definition) is 6. The number of imide groups is 1. The normalized spacial score (nSPS) is 15.2. The number of para-hydroxylation sites is 1. The Bertz CT molecular complexity index is 920. The van der Waals surface area contributed by atoms with E-state index in [1.165, 1.54) is 0 Å². The van der Waals surface area contributed by atoms with E-state index < -0.39 is 0 Å².